The Bertz CT molecular complexity index is 1730. The maximum atomic E-state index is 14.4. The fourth-order valence-corrected chi connectivity index (χ4v) is 8.31. The molecule has 0 spiro atoms. The van der Waals surface area contributed by atoms with Crippen molar-refractivity contribution in [2.45, 2.75) is 108 Å². The highest BCUT2D eigenvalue weighted by Gasteiger charge is 2.63. The molecule has 3 N–H and O–H groups in total. The number of aromatic nitrogens is 2. The van der Waals surface area contributed by atoms with Gasteiger partial charge in [-0.25, -0.2) is 26.7 Å². The summed E-state index contributed by atoms with van der Waals surface area (Å²) in [6.07, 6.45) is 2.80. The van der Waals surface area contributed by atoms with Gasteiger partial charge in [0.1, 0.15) is 23.7 Å². The molecule has 0 bridgehead atoms. The van der Waals surface area contributed by atoms with E-state index in [1.54, 1.807) is 60.9 Å². The van der Waals surface area contributed by atoms with E-state index in [9.17, 15) is 36.4 Å². The quantitative estimate of drug-likeness (QED) is 0.297. The fourth-order valence-electron chi connectivity index (χ4n) is 6.95. The third-order valence-corrected chi connectivity index (χ3v) is 11.9. The van der Waals surface area contributed by atoms with Gasteiger partial charge >= 0.3 is 6.09 Å². The van der Waals surface area contributed by atoms with Crippen molar-refractivity contribution in [1.82, 2.24) is 30.0 Å². The molecule has 1 aromatic heterocycles. The Kier molecular flexibility index (Phi) is 10.0. The van der Waals surface area contributed by atoms with Crippen molar-refractivity contribution in [2.75, 3.05) is 18.1 Å². The summed E-state index contributed by atoms with van der Waals surface area (Å²) in [4.78, 5) is 58.2. The van der Waals surface area contributed by atoms with Crippen molar-refractivity contribution < 1.29 is 41.1 Å². The van der Waals surface area contributed by atoms with Gasteiger partial charge in [0.25, 0.3) is 5.91 Å². The third kappa shape index (κ3) is 8.12. The van der Waals surface area contributed by atoms with Crippen LogP contribution in [0, 0.1) is 11.3 Å². The van der Waals surface area contributed by atoms with Crippen LogP contribution in [-0.2, 0) is 29.1 Å². The van der Waals surface area contributed by atoms with Crippen LogP contribution in [0.1, 0.15) is 72.1 Å². The van der Waals surface area contributed by atoms with Gasteiger partial charge in [-0.05, 0) is 86.6 Å². The summed E-state index contributed by atoms with van der Waals surface area (Å²) in [6.45, 7) is 5.17. The largest absolute Gasteiger partial charge is 0.446 e. The first-order chi connectivity index (χ1) is 24.1. The Balaban J connectivity index is 1.27. The van der Waals surface area contributed by atoms with Crippen molar-refractivity contribution in [1.29, 1.82) is 0 Å². The molecule has 278 valence electrons. The molecule has 6 rings (SSSR count). The molecule has 2 heterocycles. The Morgan fingerprint density at radius 1 is 1.04 bits per heavy atom. The summed E-state index contributed by atoms with van der Waals surface area (Å²) in [5.41, 5.74) is -1.29. The van der Waals surface area contributed by atoms with Gasteiger partial charge in [-0.3, -0.25) is 19.1 Å². The number of hydrogen-bond acceptors (Lipinski definition) is 9. The number of alkyl halides is 2. The Morgan fingerprint density at radius 3 is 2.29 bits per heavy atom. The van der Waals surface area contributed by atoms with Crippen LogP contribution < -0.4 is 20.3 Å². The van der Waals surface area contributed by atoms with Gasteiger partial charge in [0.2, 0.25) is 28.3 Å². The molecule has 1 aliphatic heterocycles. The first-order valence-electron chi connectivity index (χ1n) is 17.4. The summed E-state index contributed by atoms with van der Waals surface area (Å²) in [7, 11) is -4.04. The van der Waals surface area contributed by atoms with Crippen LogP contribution in [0.3, 0.4) is 0 Å². The van der Waals surface area contributed by atoms with Gasteiger partial charge in [0.05, 0.1) is 17.6 Å². The molecule has 0 unspecified atom stereocenters. The van der Waals surface area contributed by atoms with Crippen LogP contribution in [0.2, 0.25) is 0 Å². The van der Waals surface area contributed by atoms with E-state index in [1.165, 1.54) is 4.90 Å². The van der Waals surface area contributed by atoms with E-state index in [0.717, 1.165) is 31.4 Å². The fraction of sp³-hybridized carbons (Fsp3) is 0.618. The second-order valence-corrected chi connectivity index (χ2v) is 17.0. The summed E-state index contributed by atoms with van der Waals surface area (Å²) in [6, 6.07) is 6.66. The lowest BCUT2D eigenvalue weighted by molar-refractivity contribution is -0.142. The number of nitrogens with one attached hydrogen (secondary N) is 3. The molecule has 14 nitrogen and oxygen atoms in total. The summed E-state index contributed by atoms with van der Waals surface area (Å²) in [5, 5.41) is 8.81. The van der Waals surface area contributed by atoms with Crippen molar-refractivity contribution in [3.63, 3.8) is 0 Å². The number of benzene rings is 1. The molecule has 4 atom stereocenters. The summed E-state index contributed by atoms with van der Waals surface area (Å²) in [5.74, 6) is -3.48. The number of nitrogens with zero attached hydrogens (tertiary/aromatic N) is 4. The van der Waals surface area contributed by atoms with E-state index in [4.69, 9.17) is 4.74 Å². The summed E-state index contributed by atoms with van der Waals surface area (Å²) >= 11 is 0. The lowest BCUT2D eigenvalue weighted by Gasteiger charge is -2.35. The number of carbonyl (C=O) groups is 4. The van der Waals surface area contributed by atoms with Crippen molar-refractivity contribution in [3.05, 3.63) is 42.7 Å². The van der Waals surface area contributed by atoms with E-state index in [0.29, 0.717) is 18.5 Å². The van der Waals surface area contributed by atoms with E-state index in [1.807, 2.05) is 16.9 Å². The number of sulfonamides is 1. The van der Waals surface area contributed by atoms with E-state index in [2.05, 4.69) is 15.7 Å². The zero-order valence-corrected chi connectivity index (χ0v) is 29.7. The third-order valence-electron chi connectivity index (χ3n) is 10.1. The van der Waals surface area contributed by atoms with Crippen LogP contribution >= 0.6 is 0 Å². The molecule has 4 amide bonds. The SMILES string of the molecule is CC(C)(C)[C@H](NC(=O)OC1CCCC1)C(=O)N1CN(c2ccc(-n3cccn3)cc2)C[C@H]1C(=O)N[C@]1(C(=O)NS(=O)(=O)C2CC2)C[C@H]1CC(F)F. The highest BCUT2D eigenvalue weighted by atomic mass is 32.2. The van der Waals surface area contributed by atoms with Gasteiger partial charge in [-0.1, -0.05) is 20.8 Å². The number of alkyl carbamates (subject to hydrolysis) is 1. The van der Waals surface area contributed by atoms with Crippen LogP contribution in [0.5, 0.6) is 0 Å². The normalized spacial score (nSPS) is 24.4. The minimum Gasteiger partial charge on any atom is -0.446 e. The van der Waals surface area contributed by atoms with Gasteiger partial charge in [0.15, 0.2) is 0 Å². The van der Waals surface area contributed by atoms with E-state index < -0.39 is 80.9 Å². The molecule has 2 aromatic rings. The number of ether oxygens (including phenoxy) is 1. The van der Waals surface area contributed by atoms with Gasteiger partial charge in [-0.2, -0.15) is 5.10 Å². The van der Waals surface area contributed by atoms with Crippen molar-refractivity contribution >= 4 is 39.5 Å². The standard InChI is InChI=1S/C34H45F2N7O7S/c1-33(2,3)28(38-32(47)50-24-7-4-5-8-24)30(45)42-20-41(22-9-11-23(12-10-22)43-16-6-15-37-43)19-26(42)29(44)39-34(18-21(34)17-27(35)36)31(46)40-51(48,49)25-13-14-25/h6,9-12,15-16,21,24-28H,4-5,7-8,13-14,17-20H2,1-3H3,(H,38,47)(H,39,44)(H,40,46)/t21-,26+,28-,34-/m1/s1. The Labute approximate surface area is 295 Å². The van der Waals surface area contributed by atoms with Gasteiger partial charge in [0, 0.05) is 31.0 Å². The maximum Gasteiger partial charge on any atom is 0.408 e. The second-order valence-electron chi connectivity index (χ2n) is 15.1. The van der Waals surface area contributed by atoms with Crippen molar-refractivity contribution in [3.8, 4) is 5.69 Å². The smallest absolute Gasteiger partial charge is 0.408 e. The predicted molar refractivity (Wildman–Crippen MR) is 181 cm³/mol. The number of hydrogen-bond donors (Lipinski definition) is 3. The molecule has 1 aromatic carbocycles. The number of carbonyl (C=O) groups excluding carboxylic acids is 4. The minimum atomic E-state index is -4.04. The van der Waals surface area contributed by atoms with Crippen LogP contribution in [0.25, 0.3) is 5.69 Å². The molecule has 3 saturated carbocycles. The molecule has 1 saturated heterocycles. The monoisotopic (exact) mass is 733 g/mol. The zero-order chi connectivity index (χ0) is 36.7. The highest BCUT2D eigenvalue weighted by molar-refractivity contribution is 7.91. The maximum absolute atomic E-state index is 14.4. The highest BCUT2D eigenvalue weighted by Crippen LogP contribution is 2.48. The second kappa shape index (κ2) is 14.0. The molecule has 17 heteroatoms. The first-order valence-corrected chi connectivity index (χ1v) is 18.9. The number of anilines is 1. The van der Waals surface area contributed by atoms with Gasteiger partial charge < -0.3 is 25.2 Å². The van der Waals surface area contributed by atoms with Gasteiger partial charge in [-0.15, -0.1) is 0 Å². The number of amides is 4. The van der Waals surface area contributed by atoms with Crippen LogP contribution in [0.4, 0.5) is 19.3 Å². The number of halogens is 2. The lowest BCUT2D eigenvalue weighted by Crippen LogP contribution is -2.60. The van der Waals surface area contributed by atoms with Crippen molar-refractivity contribution in [2.24, 2.45) is 11.3 Å². The summed E-state index contributed by atoms with van der Waals surface area (Å²) < 4.78 is 61.6. The predicted octanol–water partition coefficient (Wildman–Crippen LogP) is 3.07. The number of rotatable bonds is 12. The topological polar surface area (TPSA) is 172 Å². The Morgan fingerprint density at radius 2 is 1.71 bits per heavy atom. The molecular formula is C34H45F2N7O7S. The molecule has 0 radical (unpaired) electrons. The van der Waals surface area contributed by atoms with E-state index in [-0.39, 0.29) is 25.7 Å². The average molecular weight is 734 g/mol. The molecule has 4 aliphatic rings. The lowest BCUT2D eigenvalue weighted by atomic mass is 9.85. The molecule has 4 fully saturated rings. The molecular weight excluding hydrogens is 688 g/mol. The zero-order valence-electron chi connectivity index (χ0n) is 28.9. The van der Waals surface area contributed by atoms with Crippen LogP contribution in [0.15, 0.2) is 42.7 Å². The van der Waals surface area contributed by atoms with Crippen LogP contribution in [-0.4, -0.2) is 95.5 Å². The molecule has 3 aliphatic carbocycles. The Hall–Kier alpha value is -4.28. The van der Waals surface area contributed by atoms with E-state index >= 15 is 0 Å². The molecule has 51 heavy (non-hydrogen) atoms. The average Bonchev–Trinajstić information content (AvgIpc) is 3.76. The minimum absolute atomic E-state index is 0.0420. The first kappa shape index (κ1) is 36.5.